The number of hydrogen-bond donors (Lipinski definition) is 1. The number of pyridine rings is 2. The number of benzene rings is 1. The summed E-state index contributed by atoms with van der Waals surface area (Å²) in [5, 5.41) is 2.31. The van der Waals surface area contributed by atoms with E-state index < -0.39 is 0 Å². The zero-order valence-electron chi connectivity index (χ0n) is 13.3. The summed E-state index contributed by atoms with van der Waals surface area (Å²) in [4.78, 5) is 8.79. The van der Waals surface area contributed by atoms with Crippen LogP contribution in [0.4, 0.5) is 0 Å². The van der Waals surface area contributed by atoms with Gasteiger partial charge in [-0.25, -0.2) is 0 Å². The lowest BCUT2D eigenvalue weighted by Crippen LogP contribution is -2.11. The maximum Gasteiger partial charge on any atom is 0.0618 e. The molecule has 0 saturated heterocycles. The first-order chi connectivity index (χ1) is 10.5. The smallest absolute Gasteiger partial charge is 0.0618 e. The molecule has 0 bridgehead atoms. The second-order valence-corrected chi connectivity index (χ2v) is 6.57. The van der Waals surface area contributed by atoms with Crippen molar-refractivity contribution in [2.24, 2.45) is 5.73 Å². The molecule has 0 atom stereocenters. The molecule has 2 heterocycles. The second-order valence-electron chi connectivity index (χ2n) is 6.57. The van der Waals surface area contributed by atoms with E-state index >= 15 is 0 Å². The van der Waals surface area contributed by atoms with Gasteiger partial charge in [0.25, 0.3) is 0 Å². The Morgan fingerprint density at radius 1 is 1.05 bits per heavy atom. The van der Waals surface area contributed by atoms with Gasteiger partial charge < -0.3 is 5.73 Å². The van der Waals surface area contributed by atoms with Crippen LogP contribution in [-0.2, 0) is 12.0 Å². The molecule has 3 nitrogen and oxygen atoms in total. The monoisotopic (exact) mass is 291 g/mol. The summed E-state index contributed by atoms with van der Waals surface area (Å²) >= 11 is 0. The fraction of sp³-hybridized carbons (Fsp3) is 0.263. The van der Waals surface area contributed by atoms with E-state index in [2.05, 4.69) is 55.0 Å². The largest absolute Gasteiger partial charge is 0.325 e. The van der Waals surface area contributed by atoms with Crippen LogP contribution < -0.4 is 5.73 Å². The van der Waals surface area contributed by atoms with Crippen molar-refractivity contribution in [3.63, 3.8) is 0 Å². The van der Waals surface area contributed by atoms with E-state index in [0.29, 0.717) is 6.54 Å². The van der Waals surface area contributed by atoms with Gasteiger partial charge in [0.05, 0.1) is 5.69 Å². The summed E-state index contributed by atoms with van der Waals surface area (Å²) < 4.78 is 0. The minimum atomic E-state index is 0.102. The average molecular weight is 291 g/mol. The third kappa shape index (κ3) is 2.60. The van der Waals surface area contributed by atoms with E-state index in [4.69, 9.17) is 5.73 Å². The van der Waals surface area contributed by atoms with Gasteiger partial charge in [0.15, 0.2) is 0 Å². The summed E-state index contributed by atoms with van der Waals surface area (Å²) in [6, 6.07) is 10.6. The van der Waals surface area contributed by atoms with E-state index in [0.717, 1.165) is 22.2 Å². The van der Waals surface area contributed by atoms with Crippen LogP contribution in [0.3, 0.4) is 0 Å². The van der Waals surface area contributed by atoms with E-state index in [-0.39, 0.29) is 5.41 Å². The number of rotatable bonds is 2. The Morgan fingerprint density at radius 2 is 1.86 bits per heavy atom. The molecule has 0 amide bonds. The van der Waals surface area contributed by atoms with Gasteiger partial charge in [-0.2, -0.15) is 0 Å². The fourth-order valence-electron chi connectivity index (χ4n) is 2.68. The Balaban J connectivity index is 2.29. The second kappa shape index (κ2) is 5.50. The maximum absolute atomic E-state index is 5.89. The van der Waals surface area contributed by atoms with Crippen LogP contribution in [0, 0.1) is 0 Å². The van der Waals surface area contributed by atoms with Crippen LogP contribution in [-0.4, -0.2) is 9.97 Å². The molecule has 112 valence electrons. The first kappa shape index (κ1) is 14.7. The van der Waals surface area contributed by atoms with Gasteiger partial charge in [0.1, 0.15) is 0 Å². The lowest BCUT2D eigenvalue weighted by atomic mass is 9.85. The first-order valence-electron chi connectivity index (χ1n) is 7.53. The molecule has 0 unspecified atom stereocenters. The van der Waals surface area contributed by atoms with Crippen LogP contribution in [0.25, 0.3) is 21.9 Å². The predicted octanol–water partition coefficient (Wildman–Crippen LogP) is 4.05. The van der Waals surface area contributed by atoms with Crippen LogP contribution in [0.5, 0.6) is 0 Å². The molecule has 22 heavy (non-hydrogen) atoms. The number of nitrogens with two attached hydrogens (primary N) is 1. The molecular formula is C19H21N3. The van der Waals surface area contributed by atoms with Crippen molar-refractivity contribution in [1.29, 1.82) is 0 Å². The molecule has 2 N–H and O–H groups in total. The summed E-state index contributed by atoms with van der Waals surface area (Å²) in [5.74, 6) is 0. The normalized spacial score (nSPS) is 11.8. The molecule has 0 aliphatic carbocycles. The number of fused-ring (bicyclic) bond motifs is 1. The third-order valence-corrected chi connectivity index (χ3v) is 4.00. The fourth-order valence-corrected chi connectivity index (χ4v) is 2.68. The van der Waals surface area contributed by atoms with Crippen LogP contribution in [0.2, 0.25) is 0 Å². The summed E-state index contributed by atoms with van der Waals surface area (Å²) in [7, 11) is 0. The van der Waals surface area contributed by atoms with E-state index in [9.17, 15) is 0 Å². The number of aromatic nitrogens is 2. The van der Waals surface area contributed by atoms with Crippen molar-refractivity contribution in [1.82, 2.24) is 9.97 Å². The molecule has 0 aliphatic heterocycles. The minimum absolute atomic E-state index is 0.102. The van der Waals surface area contributed by atoms with Crippen molar-refractivity contribution >= 4 is 10.8 Å². The Hall–Kier alpha value is -2.26. The lowest BCUT2D eigenvalue weighted by Gasteiger charge is -2.20. The van der Waals surface area contributed by atoms with E-state index in [1.165, 1.54) is 10.9 Å². The zero-order chi connectivity index (χ0) is 15.7. The Bertz CT molecular complexity index is 802. The maximum atomic E-state index is 5.89. The average Bonchev–Trinajstić information content (AvgIpc) is 2.53. The molecule has 1 aromatic carbocycles. The summed E-state index contributed by atoms with van der Waals surface area (Å²) in [5.41, 5.74) is 10.4. The van der Waals surface area contributed by atoms with Crippen LogP contribution in [0.1, 0.15) is 32.0 Å². The SMILES string of the molecule is CC(C)(C)c1ccc2c(-c3cccnc3)cnc(CN)c2c1. The van der Waals surface area contributed by atoms with Crippen LogP contribution in [0.15, 0.2) is 48.9 Å². The molecule has 2 aromatic heterocycles. The molecular weight excluding hydrogens is 270 g/mol. The third-order valence-electron chi connectivity index (χ3n) is 4.00. The lowest BCUT2D eigenvalue weighted by molar-refractivity contribution is 0.591. The standard InChI is InChI=1S/C19H21N3/c1-19(2,3)14-6-7-15-16(9-14)18(10-20)22-12-17(15)13-5-4-8-21-11-13/h4-9,11-12H,10,20H2,1-3H3. The Kier molecular flexibility index (Phi) is 3.67. The minimum Gasteiger partial charge on any atom is -0.325 e. The Morgan fingerprint density at radius 3 is 2.50 bits per heavy atom. The van der Waals surface area contributed by atoms with Crippen molar-refractivity contribution in [3.05, 3.63) is 60.2 Å². The quantitative estimate of drug-likeness (QED) is 0.775. The molecule has 3 heteroatoms. The molecule has 3 aromatic rings. The van der Waals surface area contributed by atoms with Gasteiger partial charge in [0, 0.05) is 41.6 Å². The predicted molar refractivity (Wildman–Crippen MR) is 91.6 cm³/mol. The summed E-state index contributed by atoms with van der Waals surface area (Å²) in [6.07, 6.45) is 5.56. The highest BCUT2D eigenvalue weighted by Crippen LogP contribution is 2.32. The van der Waals surface area contributed by atoms with Crippen LogP contribution >= 0.6 is 0 Å². The highest BCUT2D eigenvalue weighted by atomic mass is 14.7. The van der Waals surface area contributed by atoms with E-state index in [1.807, 2.05) is 18.5 Å². The highest BCUT2D eigenvalue weighted by molar-refractivity contribution is 5.97. The van der Waals surface area contributed by atoms with Gasteiger partial charge >= 0.3 is 0 Å². The van der Waals surface area contributed by atoms with Gasteiger partial charge in [-0.3, -0.25) is 9.97 Å². The number of hydrogen-bond acceptors (Lipinski definition) is 3. The van der Waals surface area contributed by atoms with Gasteiger partial charge in [-0.15, -0.1) is 0 Å². The van der Waals surface area contributed by atoms with Crippen molar-refractivity contribution < 1.29 is 0 Å². The summed E-state index contributed by atoms with van der Waals surface area (Å²) in [6.45, 7) is 7.09. The molecule has 0 spiro atoms. The molecule has 0 fully saturated rings. The molecule has 0 saturated carbocycles. The molecule has 0 radical (unpaired) electrons. The topological polar surface area (TPSA) is 51.8 Å². The molecule has 0 aliphatic rings. The Labute approximate surface area is 131 Å². The van der Waals surface area contributed by atoms with Crippen molar-refractivity contribution in [2.45, 2.75) is 32.7 Å². The van der Waals surface area contributed by atoms with Gasteiger partial charge in [0.2, 0.25) is 0 Å². The van der Waals surface area contributed by atoms with Gasteiger partial charge in [-0.1, -0.05) is 39.0 Å². The number of nitrogens with zero attached hydrogens (tertiary/aromatic N) is 2. The molecule has 3 rings (SSSR count). The van der Waals surface area contributed by atoms with E-state index in [1.54, 1.807) is 6.20 Å². The zero-order valence-corrected chi connectivity index (χ0v) is 13.3. The highest BCUT2D eigenvalue weighted by Gasteiger charge is 2.16. The first-order valence-corrected chi connectivity index (χ1v) is 7.53. The van der Waals surface area contributed by atoms with Gasteiger partial charge in [-0.05, 0) is 28.5 Å². The van der Waals surface area contributed by atoms with Crippen molar-refractivity contribution in [2.75, 3.05) is 0 Å². The van der Waals surface area contributed by atoms with Crippen molar-refractivity contribution in [3.8, 4) is 11.1 Å².